The molecule has 0 radical (unpaired) electrons. The molecule has 0 aromatic heterocycles. The van der Waals surface area contributed by atoms with Gasteiger partial charge in [0.2, 0.25) is 0 Å². The molecule has 3 rings (SSSR count). The third-order valence-corrected chi connectivity index (χ3v) is 5.35. The SMILES string of the molecule is Cc1cccc(C)c1CC1(C2CCCC2)CNC1. The Bertz CT molecular complexity index is 405. The van der Waals surface area contributed by atoms with Crippen molar-refractivity contribution in [3.05, 3.63) is 34.9 Å². The van der Waals surface area contributed by atoms with Crippen LogP contribution in [0.15, 0.2) is 18.2 Å². The van der Waals surface area contributed by atoms with Gasteiger partial charge in [0.05, 0.1) is 0 Å². The highest BCUT2D eigenvalue weighted by Gasteiger charge is 2.45. The van der Waals surface area contributed by atoms with Crippen LogP contribution in [-0.2, 0) is 6.42 Å². The molecule has 18 heavy (non-hydrogen) atoms. The molecule has 1 nitrogen and oxygen atoms in total. The van der Waals surface area contributed by atoms with Gasteiger partial charge in [0.15, 0.2) is 0 Å². The summed E-state index contributed by atoms with van der Waals surface area (Å²) in [5.41, 5.74) is 5.16. The maximum Gasteiger partial charge on any atom is 0.00261 e. The second-order valence-electron chi connectivity index (χ2n) is 6.49. The summed E-state index contributed by atoms with van der Waals surface area (Å²) in [5.74, 6) is 0.970. The van der Waals surface area contributed by atoms with Gasteiger partial charge < -0.3 is 5.32 Å². The molecule has 1 heteroatoms. The van der Waals surface area contributed by atoms with Crippen LogP contribution in [0.4, 0.5) is 0 Å². The van der Waals surface area contributed by atoms with Gasteiger partial charge >= 0.3 is 0 Å². The molecule has 0 amide bonds. The molecule has 1 aliphatic heterocycles. The molecule has 1 saturated heterocycles. The number of hydrogen-bond donors (Lipinski definition) is 1. The van der Waals surface area contributed by atoms with Crippen LogP contribution in [0, 0.1) is 25.2 Å². The van der Waals surface area contributed by atoms with Crippen molar-refractivity contribution in [2.75, 3.05) is 13.1 Å². The zero-order valence-corrected chi connectivity index (χ0v) is 11.8. The van der Waals surface area contributed by atoms with Crippen molar-refractivity contribution in [1.82, 2.24) is 5.32 Å². The smallest absolute Gasteiger partial charge is 0.00261 e. The van der Waals surface area contributed by atoms with Gasteiger partial charge in [0.25, 0.3) is 0 Å². The van der Waals surface area contributed by atoms with E-state index in [4.69, 9.17) is 0 Å². The standard InChI is InChI=1S/C17H25N/c1-13-6-5-7-14(2)16(13)10-17(11-18-12-17)15-8-3-4-9-15/h5-7,15,18H,3-4,8-12H2,1-2H3. The van der Waals surface area contributed by atoms with E-state index in [0.29, 0.717) is 5.41 Å². The van der Waals surface area contributed by atoms with Crippen molar-refractivity contribution >= 4 is 0 Å². The molecular formula is C17H25N. The Morgan fingerprint density at radius 2 is 1.72 bits per heavy atom. The normalized spacial score (nSPS) is 23.0. The van der Waals surface area contributed by atoms with E-state index in [9.17, 15) is 0 Å². The summed E-state index contributed by atoms with van der Waals surface area (Å²) in [7, 11) is 0. The molecule has 1 N–H and O–H groups in total. The van der Waals surface area contributed by atoms with Gasteiger partial charge in [-0.05, 0) is 55.7 Å². The Labute approximate surface area is 111 Å². The van der Waals surface area contributed by atoms with E-state index < -0.39 is 0 Å². The highest BCUT2D eigenvalue weighted by Crippen LogP contribution is 2.45. The van der Waals surface area contributed by atoms with Gasteiger partial charge in [-0.25, -0.2) is 0 Å². The number of nitrogens with one attached hydrogen (secondary N) is 1. The second-order valence-corrected chi connectivity index (χ2v) is 6.49. The van der Waals surface area contributed by atoms with Crippen molar-refractivity contribution in [2.24, 2.45) is 11.3 Å². The molecule has 0 unspecified atom stereocenters. The van der Waals surface area contributed by atoms with Crippen molar-refractivity contribution in [3.63, 3.8) is 0 Å². The van der Waals surface area contributed by atoms with Crippen molar-refractivity contribution < 1.29 is 0 Å². The topological polar surface area (TPSA) is 12.0 Å². The summed E-state index contributed by atoms with van der Waals surface area (Å²) < 4.78 is 0. The van der Waals surface area contributed by atoms with E-state index in [1.807, 2.05) is 0 Å². The largest absolute Gasteiger partial charge is 0.315 e. The molecule has 1 aromatic rings. The van der Waals surface area contributed by atoms with Gasteiger partial charge in [-0.2, -0.15) is 0 Å². The number of aryl methyl sites for hydroxylation is 2. The average molecular weight is 243 g/mol. The molecule has 98 valence electrons. The van der Waals surface area contributed by atoms with Crippen molar-refractivity contribution in [2.45, 2.75) is 46.0 Å². The van der Waals surface area contributed by atoms with E-state index in [1.165, 1.54) is 56.3 Å². The summed E-state index contributed by atoms with van der Waals surface area (Å²) >= 11 is 0. The Balaban J connectivity index is 1.85. The van der Waals surface area contributed by atoms with Crippen LogP contribution in [-0.4, -0.2) is 13.1 Å². The summed E-state index contributed by atoms with van der Waals surface area (Å²) in [6, 6.07) is 6.74. The highest BCUT2D eigenvalue weighted by atomic mass is 15.0. The zero-order chi connectivity index (χ0) is 12.6. The van der Waals surface area contributed by atoms with Crippen LogP contribution in [0.3, 0.4) is 0 Å². The van der Waals surface area contributed by atoms with E-state index >= 15 is 0 Å². The maximum atomic E-state index is 3.54. The summed E-state index contributed by atoms with van der Waals surface area (Å²) in [6.45, 7) is 7.03. The van der Waals surface area contributed by atoms with Crippen LogP contribution in [0.1, 0.15) is 42.4 Å². The van der Waals surface area contributed by atoms with Gasteiger partial charge in [-0.1, -0.05) is 31.0 Å². The summed E-state index contributed by atoms with van der Waals surface area (Å²) in [4.78, 5) is 0. The molecule has 1 aliphatic carbocycles. The van der Waals surface area contributed by atoms with Crippen molar-refractivity contribution in [1.29, 1.82) is 0 Å². The molecule has 1 aromatic carbocycles. The van der Waals surface area contributed by atoms with E-state index in [1.54, 1.807) is 5.56 Å². The third-order valence-electron chi connectivity index (χ3n) is 5.35. The average Bonchev–Trinajstić information content (AvgIpc) is 2.80. The van der Waals surface area contributed by atoms with Crippen LogP contribution in [0.25, 0.3) is 0 Å². The fraction of sp³-hybridized carbons (Fsp3) is 0.647. The molecule has 0 spiro atoms. The first kappa shape index (κ1) is 12.2. The first-order valence-corrected chi connectivity index (χ1v) is 7.47. The molecule has 1 saturated carbocycles. The lowest BCUT2D eigenvalue weighted by atomic mass is 9.65. The minimum atomic E-state index is 0.577. The Kier molecular flexibility index (Phi) is 3.19. The van der Waals surface area contributed by atoms with Crippen LogP contribution >= 0.6 is 0 Å². The summed E-state index contributed by atoms with van der Waals surface area (Å²) in [6.07, 6.45) is 7.14. The van der Waals surface area contributed by atoms with E-state index in [2.05, 4.69) is 37.4 Å². The zero-order valence-electron chi connectivity index (χ0n) is 11.8. The Hall–Kier alpha value is -0.820. The molecule has 2 fully saturated rings. The first-order chi connectivity index (χ1) is 8.71. The molecular weight excluding hydrogens is 218 g/mol. The first-order valence-electron chi connectivity index (χ1n) is 7.47. The predicted molar refractivity (Wildman–Crippen MR) is 76.9 cm³/mol. The van der Waals surface area contributed by atoms with Gasteiger partial charge in [-0.3, -0.25) is 0 Å². The number of benzene rings is 1. The second kappa shape index (κ2) is 4.70. The fourth-order valence-corrected chi connectivity index (χ4v) is 4.02. The lowest BCUT2D eigenvalue weighted by Crippen LogP contribution is -2.58. The minimum absolute atomic E-state index is 0.577. The van der Waals surface area contributed by atoms with Crippen LogP contribution in [0.5, 0.6) is 0 Å². The van der Waals surface area contributed by atoms with Gasteiger partial charge in [0, 0.05) is 18.5 Å². The third kappa shape index (κ3) is 1.99. The maximum absolute atomic E-state index is 3.54. The lowest BCUT2D eigenvalue weighted by Gasteiger charge is -2.48. The molecule has 2 aliphatic rings. The quantitative estimate of drug-likeness (QED) is 0.855. The Morgan fingerprint density at radius 1 is 1.11 bits per heavy atom. The van der Waals surface area contributed by atoms with Crippen LogP contribution in [0.2, 0.25) is 0 Å². The van der Waals surface area contributed by atoms with Gasteiger partial charge in [-0.15, -0.1) is 0 Å². The van der Waals surface area contributed by atoms with E-state index in [0.717, 1.165) is 5.92 Å². The highest BCUT2D eigenvalue weighted by molar-refractivity contribution is 5.35. The molecule has 0 bridgehead atoms. The van der Waals surface area contributed by atoms with Crippen LogP contribution < -0.4 is 5.32 Å². The van der Waals surface area contributed by atoms with Crippen molar-refractivity contribution in [3.8, 4) is 0 Å². The van der Waals surface area contributed by atoms with E-state index in [-0.39, 0.29) is 0 Å². The number of rotatable bonds is 3. The lowest BCUT2D eigenvalue weighted by molar-refractivity contribution is 0.0808. The fourth-order valence-electron chi connectivity index (χ4n) is 4.02. The Morgan fingerprint density at radius 3 is 2.22 bits per heavy atom. The van der Waals surface area contributed by atoms with Gasteiger partial charge in [0.1, 0.15) is 0 Å². The monoisotopic (exact) mass is 243 g/mol. The minimum Gasteiger partial charge on any atom is -0.315 e. The molecule has 0 atom stereocenters. The summed E-state index contributed by atoms with van der Waals surface area (Å²) in [5, 5.41) is 3.54. The predicted octanol–water partition coefficient (Wildman–Crippen LogP) is 3.63. The molecule has 1 heterocycles. The number of hydrogen-bond acceptors (Lipinski definition) is 1.